The van der Waals surface area contributed by atoms with Crippen molar-refractivity contribution in [2.75, 3.05) is 18.4 Å². The lowest BCUT2D eigenvalue weighted by Crippen LogP contribution is -2.42. The van der Waals surface area contributed by atoms with Crippen molar-refractivity contribution < 1.29 is 4.79 Å². The van der Waals surface area contributed by atoms with E-state index in [2.05, 4.69) is 17.6 Å². The summed E-state index contributed by atoms with van der Waals surface area (Å²) in [6.45, 7) is 5.94. The summed E-state index contributed by atoms with van der Waals surface area (Å²) in [7, 11) is 0. The fourth-order valence-electron chi connectivity index (χ4n) is 2.21. The molecule has 0 unspecified atom stereocenters. The highest BCUT2D eigenvalue weighted by Crippen LogP contribution is 2.29. The molecule has 18 heavy (non-hydrogen) atoms. The summed E-state index contributed by atoms with van der Waals surface area (Å²) in [6.07, 6.45) is 1.81. The van der Waals surface area contributed by atoms with Crippen molar-refractivity contribution in [2.45, 2.75) is 26.7 Å². The van der Waals surface area contributed by atoms with Crippen molar-refractivity contribution in [3.05, 3.63) is 29.8 Å². The summed E-state index contributed by atoms with van der Waals surface area (Å²) in [4.78, 5) is 12.3. The zero-order chi connectivity index (χ0) is 12.3. The summed E-state index contributed by atoms with van der Waals surface area (Å²) in [5.74, 6) is 0.143. The summed E-state index contributed by atoms with van der Waals surface area (Å²) in [5.41, 5.74) is 1.84. The average Bonchev–Trinajstić information content (AvgIpc) is 2.30. The predicted octanol–water partition coefficient (Wildman–Crippen LogP) is 2.75. The standard InChI is InChI=1S/C14H20N2O.ClH/c1-11-4-3-5-12(10-11)16-13(17)14(2)6-8-15-9-7-14;/h3-5,10,15H,6-9H2,1-2H3,(H,16,17);1H. The Kier molecular flexibility index (Phi) is 5.17. The molecule has 4 heteroatoms. The second kappa shape index (κ2) is 6.21. The molecular formula is C14H21ClN2O. The van der Waals surface area contributed by atoms with E-state index in [-0.39, 0.29) is 23.7 Å². The van der Waals surface area contributed by atoms with E-state index in [1.807, 2.05) is 31.2 Å². The van der Waals surface area contributed by atoms with E-state index in [1.165, 1.54) is 5.56 Å². The molecule has 0 atom stereocenters. The summed E-state index contributed by atoms with van der Waals surface area (Å²) in [6, 6.07) is 7.94. The summed E-state index contributed by atoms with van der Waals surface area (Å²) < 4.78 is 0. The minimum Gasteiger partial charge on any atom is -0.326 e. The van der Waals surface area contributed by atoms with E-state index in [0.717, 1.165) is 31.6 Å². The third-order valence-corrected chi connectivity index (χ3v) is 3.53. The zero-order valence-corrected chi connectivity index (χ0v) is 11.8. The molecule has 1 aliphatic heterocycles. The Morgan fingerprint density at radius 2 is 2.00 bits per heavy atom. The number of piperidine rings is 1. The smallest absolute Gasteiger partial charge is 0.230 e. The van der Waals surface area contributed by atoms with Crippen molar-refractivity contribution in [3.63, 3.8) is 0 Å². The van der Waals surface area contributed by atoms with E-state index in [1.54, 1.807) is 0 Å². The summed E-state index contributed by atoms with van der Waals surface area (Å²) in [5, 5.41) is 6.31. The highest BCUT2D eigenvalue weighted by molar-refractivity contribution is 5.95. The molecule has 0 radical (unpaired) electrons. The van der Waals surface area contributed by atoms with Crippen molar-refractivity contribution >= 4 is 24.0 Å². The number of benzene rings is 1. The molecule has 0 aliphatic carbocycles. The molecule has 1 saturated heterocycles. The van der Waals surface area contributed by atoms with Gasteiger partial charge in [0.25, 0.3) is 0 Å². The molecule has 1 heterocycles. The maximum Gasteiger partial charge on any atom is 0.230 e. The van der Waals surface area contributed by atoms with Gasteiger partial charge in [0.05, 0.1) is 0 Å². The van der Waals surface area contributed by atoms with E-state index in [4.69, 9.17) is 0 Å². The van der Waals surface area contributed by atoms with Crippen LogP contribution in [0.4, 0.5) is 5.69 Å². The number of amides is 1. The number of halogens is 1. The molecule has 0 aromatic heterocycles. The minimum atomic E-state index is -0.227. The van der Waals surface area contributed by atoms with Gasteiger partial charge >= 0.3 is 0 Å². The van der Waals surface area contributed by atoms with Crippen LogP contribution in [0.25, 0.3) is 0 Å². The van der Waals surface area contributed by atoms with Crippen molar-refractivity contribution in [2.24, 2.45) is 5.41 Å². The van der Waals surface area contributed by atoms with Crippen molar-refractivity contribution in [1.29, 1.82) is 0 Å². The van der Waals surface area contributed by atoms with Gasteiger partial charge in [-0.15, -0.1) is 12.4 Å². The fraction of sp³-hybridized carbons (Fsp3) is 0.500. The molecule has 0 bridgehead atoms. The number of carbonyl (C=O) groups is 1. The maximum atomic E-state index is 12.3. The van der Waals surface area contributed by atoms with Crippen molar-refractivity contribution in [3.8, 4) is 0 Å². The Morgan fingerprint density at radius 3 is 2.61 bits per heavy atom. The zero-order valence-electron chi connectivity index (χ0n) is 11.0. The number of nitrogens with one attached hydrogen (secondary N) is 2. The van der Waals surface area contributed by atoms with Gasteiger partial charge < -0.3 is 10.6 Å². The highest BCUT2D eigenvalue weighted by atomic mass is 35.5. The average molecular weight is 269 g/mol. The minimum absolute atomic E-state index is 0. The van der Waals surface area contributed by atoms with Gasteiger partial charge in [-0.2, -0.15) is 0 Å². The normalized spacial score (nSPS) is 17.7. The Labute approximate surface area is 115 Å². The molecule has 1 amide bonds. The first-order chi connectivity index (χ1) is 8.10. The molecule has 0 saturated carbocycles. The lowest BCUT2D eigenvalue weighted by molar-refractivity contribution is -0.126. The molecule has 3 nitrogen and oxygen atoms in total. The largest absolute Gasteiger partial charge is 0.326 e. The van der Waals surface area contributed by atoms with Gasteiger partial charge in [0.1, 0.15) is 0 Å². The van der Waals surface area contributed by atoms with E-state index in [0.29, 0.717) is 0 Å². The number of rotatable bonds is 2. The molecule has 1 aromatic carbocycles. The third kappa shape index (κ3) is 3.47. The molecular weight excluding hydrogens is 248 g/mol. The van der Waals surface area contributed by atoms with Gasteiger partial charge in [-0.25, -0.2) is 0 Å². The summed E-state index contributed by atoms with van der Waals surface area (Å²) >= 11 is 0. The molecule has 2 rings (SSSR count). The van der Waals surface area contributed by atoms with Crippen LogP contribution in [0.3, 0.4) is 0 Å². The van der Waals surface area contributed by atoms with Gasteiger partial charge in [-0.3, -0.25) is 4.79 Å². The van der Waals surface area contributed by atoms with E-state index < -0.39 is 0 Å². The predicted molar refractivity (Wildman–Crippen MR) is 77.3 cm³/mol. The van der Waals surface area contributed by atoms with Crippen LogP contribution in [0.1, 0.15) is 25.3 Å². The quantitative estimate of drug-likeness (QED) is 0.866. The van der Waals surface area contributed by atoms with Crippen LogP contribution in [0.15, 0.2) is 24.3 Å². The molecule has 2 N–H and O–H groups in total. The van der Waals surface area contributed by atoms with Crippen LogP contribution >= 0.6 is 12.4 Å². The molecule has 1 fully saturated rings. The Hall–Kier alpha value is -1.06. The first kappa shape index (κ1) is 15.0. The van der Waals surface area contributed by atoms with Crippen LogP contribution in [-0.4, -0.2) is 19.0 Å². The third-order valence-electron chi connectivity index (χ3n) is 3.53. The molecule has 1 aromatic rings. The van der Waals surface area contributed by atoms with E-state index >= 15 is 0 Å². The molecule has 0 spiro atoms. The topological polar surface area (TPSA) is 41.1 Å². The second-order valence-electron chi connectivity index (χ2n) is 5.13. The van der Waals surface area contributed by atoms with Gasteiger partial charge in [-0.1, -0.05) is 19.1 Å². The molecule has 1 aliphatic rings. The van der Waals surface area contributed by atoms with Crippen LogP contribution in [0.5, 0.6) is 0 Å². The first-order valence-electron chi connectivity index (χ1n) is 6.19. The SMILES string of the molecule is Cc1cccc(NC(=O)C2(C)CCNCC2)c1.Cl. The fourth-order valence-corrected chi connectivity index (χ4v) is 2.21. The van der Waals surface area contributed by atoms with Gasteiger partial charge in [0.15, 0.2) is 0 Å². The second-order valence-corrected chi connectivity index (χ2v) is 5.13. The van der Waals surface area contributed by atoms with Crippen LogP contribution in [0, 0.1) is 12.3 Å². The Bertz CT molecular complexity index is 414. The number of hydrogen-bond donors (Lipinski definition) is 2. The lowest BCUT2D eigenvalue weighted by Gasteiger charge is -2.32. The van der Waals surface area contributed by atoms with Gasteiger partial charge in [0.2, 0.25) is 5.91 Å². The number of hydrogen-bond acceptors (Lipinski definition) is 2. The van der Waals surface area contributed by atoms with Crippen LogP contribution in [-0.2, 0) is 4.79 Å². The maximum absolute atomic E-state index is 12.3. The van der Waals surface area contributed by atoms with Gasteiger partial charge in [-0.05, 0) is 50.6 Å². The van der Waals surface area contributed by atoms with Crippen LogP contribution < -0.4 is 10.6 Å². The van der Waals surface area contributed by atoms with E-state index in [9.17, 15) is 4.79 Å². The van der Waals surface area contributed by atoms with Crippen molar-refractivity contribution in [1.82, 2.24) is 5.32 Å². The highest BCUT2D eigenvalue weighted by Gasteiger charge is 2.34. The Morgan fingerprint density at radius 1 is 1.33 bits per heavy atom. The monoisotopic (exact) mass is 268 g/mol. The number of carbonyl (C=O) groups excluding carboxylic acids is 1. The van der Waals surface area contributed by atoms with Crippen LogP contribution in [0.2, 0.25) is 0 Å². The van der Waals surface area contributed by atoms with Gasteiger partial charge in [0, 0.05) is 11.1 Å². The lowest BCUT2D eigenvalue weighted by atomic mass is 9.80. The number of aryl methyl sites for hydroxylation is 1. The first-order valence-corrected chi connectivity index (χ1v) is 6.19. The molecule has 100 valence electrons. The Balaban J connectivity index is 0.00000162. The number of anilines is 1.